The first-order chi connectivity index (χ1) is 20.4. The lowest BCUT2D eigenvalue weighted by Crippen LogP contribution is -2.38. The van der Waals surface area contributed by atoms with E-state index in [9.17, 15) is 9.59 Å². The van der Waals surface area contributed by atoms with E-state index < -0.39 is 5.82 Å². The van der Waals surface area contributed by atoms with Crippen LogP contribution in [0.3, 0.4) is 0 Å². The Morgan fingerprint density at radius 3 is 2.57 bits per heavy atom. The number of benzene rings is 2. The van der Waals surface area contributed by atoms with Crippen LogP contribution in [0.4, 0.5) is 10.2 Å². The lowest BCUT2D eigenvalue weighted by molar-refractivity contribution is -0.127. The molecule has 0 bridgehead atoms. The van der Waals surface area contributed by atoms with E-state index in [4.69, 9.17) is 10.8 Å². The number of halogens is 1. The van der Waals surface area contributed by atoms with Crippen LogP contribution >= 0.6 is 0 Å². The number of nitrogens with zero attached hydrogens (tertiary/aromatic N) is 7. The second-order valence-corrected chi connectivity index (χ2v) is 10.3. The summed E-state index contributed by atoms with van der Waals surface area (Å²) in [7, 11) is 1.67. The summed E-state index contributed by atoms with van der Waals surface area (Å²) < 4.78 is 19.1. The third-order valence-corrected chi connectivity index (χ3v) is 7.82. The first kappa shape index (κ1) is 27.0. The third-order valence-electron chi connectivity index (χ3n) is 7.82. The van der Waals surface area contributed by atoms with Gasteiger partial charge >= 0.3 is 0 Å². The highest BCUT2D eigenvalue weighted by Gasteiger charge is 2.28. The number of nitrogens with two attached hydrogens (primary N) is 1. The number of piperidine rings is 1. The zero-order chi connectivity index (χ0) is 29.4. The normalized spacial score (nSPS) is 13.9. The molecule has 10 nitrogen and oxygen atoms in total. The van der Waals surface area contributed by atoms with Crippen molar-refractivity contribution in [2.24, 2.45) is 7.05 Å². The predicted octanol–water partition coefficient (Wildman–Crippen LogP) is 3.92. The van der Waals surface area contributed by atoms with E-state index >= 15 is 4.39 Å². The fourth-order valence-corrected chi connectivity index (χ4v) is 5.49. The van der Waals surface area contributed by atoms with E-state index in [-0.39, 0.29) is 28.9 Å². The Morgan fingerprint density at radius 2 is 1.86 bits per heavy atom. The Labute approximate surface area is 241 Å². The maximum atomic E-state index is 15.8. The zero-order valence-electron chi connectivity index (χ0n) is 23.1. The van der Waals surface area contributed by atoms with Gasteiger partial charge in [0.2, 0.25) is 5.91 Å². The summed E-state index contributed by atoms with van der Waals surface area (Å²) in [5.41, 5.74) is 8.75. The maximum Gasteiger partial charge on any atom is 0.261 e. The van der Waals surface area contributed by atoms with Gasteiger partial charge in [0, 0.05) is 38.3 Å². The van der Waals surface area contributed by atoms with Gasteiger partial charge < -0.3 is 10.6 Å². The summed E-state index contributed by atoms with van der Waals surface area (Å²) >= 11 is 0. The molecule has 0 atom stereocenters. The third kappa shape index (κ3) is 4.83. The molecule has 1 amide bonds. The van der Waals surface area contributed by atoms with Gasteiger partial charge in [0.25, 0.3) is 5.56 Å². The number of carbonyl (C=O) groups excluding carboxylic acids is 1. The van der Waals surface area contributed by atoms with Crippen molar-refractivity contribution in [3.05, 3.63) is 101 Å². The lowest BCUT2D eigenvalue weighted by Gasteiger charge is -2.31. The molecular weight excluding hydrogens is 535 g/mol. The average molecular weight is 565 g/mol. The first-order valence-electron chi connectivity index (χ1n) is 13.6. The fourth-order valence-electron chi connectivity index (χ4n) is 5.49. The van der Waals surface area contributed by atoms with Crippen LogP contribution in [0.25, 0.3) is 33.4 Å². The molecule has 0 spiro atoms. The van der Waals surface area contributed by atoms with Gasteiger partial charge in [-0.15, -0.1) is 0 Å². The number of aromatic nitrogens is 6. The van der Waals surface area contributed by atoms with Crippen LogP contribution in [0.2, 0.25) is 0 Å². The van der Waals surface area contributed by atoms with Gasteiger partial charge in [-0.3, -0.25) is 14.2 Å². The van der Waals surface area contributed by atoms with Crippen LogP contribution in [-0.2, 0) is 18.3 Å². The van der Waals surface area contributed by atoms with Crippen molar-refractivity contribution in [3.63, 3.8) is 0 Å². The van der Waals surface area contributed by atoms with Crippen molar-refractivity contribution in [2.45, 2.75) is 25.3 Å². The summed E-state index contributed by atoms with van der Waals surface area (Å²) in [5, 5.41) is 5.23. The number of rotatable bonds is 6. The highest BCUT2D eigenvalue weighted by Crippen LogP contribution is 2.36. The number of anilines is 1. The summed E-state index contributed by atoms with van der Waals surface area (Å²) in [6.07, 6.45) is 5.97. The number of hydrogen-bond donors (Lipinski definition) is 1. The number of amides is 1. The number of carbonyl (C=O) groups is 1. The van der Waals surface area contributed by atoms with E-state index in [0.29, 0.717) is 66.0 Å². The molecule has 4 heterocycles. The Kier molecular flexibility index (Phi) is 7.07. The molecule has 6 rings (SSSR count). The van der Waals surface area contributed by atoms with Crippen LogP contribution in [0.5, 0.6) is 0 Å². The fraction of sp³-hybridized carbons (Fsp3) is 0.226. The summed E-state index contributed by atoms with van der Waals surface area (Å²) in [4.78, 5) is 40.1. The maximum absolute atomic E-state index is 15.8. The van der Waals surface area contributed by atoms with E-state index in [1.165, 1.54) is 29.2 Å². The molecule has 1 aliphatic rings. The molecule has 11 heteroatoms. The molecule has 0 aliphatic carbocycles. The van der Waals surface area contributed by atoms with Crippen LogP contribution in [0, 0.1) is 5.82 Å². The standard InChI is InChI=1S/C31H29FN8O2/c1-3-26(41)39-13-11-21(12-14-39)40-30-27(29(33)35-18-36-30)28(37-40)22-10-9-20(16-24(22)32)23-17-34-25(38(2)31(23)42)15-19-7-5-4-6-8-19/h3-10,16-18,21H,1,11-15H2,2H3,(H2,33,35,36). The predicted molar refractivity (Wildman–Crippen MR) is 158 cm³/mol. The van der Waals surface area contributed by atoms with Crippen molar-refractivity contribution >= 4 is 22.8 Å². The molecule has 212 valence electrons. The van der Waals surface area contributed by atoms with Crippen molar-refractivity contribution in [3.8, 4) is 22.4 Å². The van der Waals surface area contributed by atoms with Gasteiger partial charge in [0.1, 0.15) is 29.5 Å². The monoisotopic (exact) mass is 564 g/mol. The van der Waals surface area contributed by atoms with Gasteiger partial charge in [-0.2, -0.15) is 5.10 Å². The average Bonchev–Trinajstić information content (AvgIpc) is 3.40. The molecule has 1 fully saturated rings. The molecule has 0 radical (unpaired) electrons. The van der Waals surface area contributed by atoms with E-state index in [1.54, 1.807) is 28.8 Å². The highest BCUT2D eigenvalue weighted by atomic mass is 19.1. The van der Waals surface area contributed by atoms with Gasteiger partial charge in [0.15, 0.2) is 5.65 Å². The molecule has 1 saturated heterocycles. The van der Waals surface area contributed by atoms with E-state index in [1.807, 2.05) is 30.3 Å². The van der Waals surface area contributed by atoms with Crippen molar-refractivity contribution < 1.29 is 9.18 Å². The largest absolute Gasteiger partial charge is 0.383 e. The summed E-state index contributed by atoms with van der Waals surface area (Å²) in [6.45, 7) is 4.65. The van der Waals surface area contributed by atoms with Crippen LogP contribution < -0.4 is 11.3 Å². The number of nitrogen functional groups attached to an aromatic ring is 1. The molecule has 5 aromatic rings. The van der Waals surface area contributed by atoms with Crippen molar-refractivity contribution in [2.75, 3.05) is 18.8 Å². The number of likely N-dealkylation sites (tertiary alicyclic amines) is 1. The molecule has 42 heavy (non-hydrogen) atoms. The molecule has 2 aromatic carbocycles. The smallest absolute Gasteiger partial charge is 0.261 e. The minimum Gasteiger partial charge on any atom is -0.383 e. The van der Waals surface area contributed by atoms with Gasteiger partial charge in [-0.25, -0.2) is 24.0 Å². The van der Waals surface area contributed by atoms with Gasteiger partial charge in [-0.1, -0.05) is 43.0 Å². The van der Waals surface area contributed by atoms with E-state index in [0.717, 1.165) is 5.56 Å². The quantitative estimate of drug-likeness (QED) is 0.310. The second-order valence-electron chi connectivity index (χ2n) is 10.3. The molecule has 0 saturated carbocycles. The number of fused-ring (bicyclic) bond motifs is 1. The lowest BCUT2D eigenvalue weighted by atomic mass is 10.0. The van der Waals surface area contributed by atoms with Crippen molar-refractivity contribution in [1.29, 1.82) is 0 Å². The number of hydrogen-bond acceptors (Lipinski definition) is 7. The minimum atomic E-state index is -0.566. The van der Waals surface area contributed by atoms with Crippen molar-refractivity contribution in [1.82, 2.24) is 34.2 Å². The first-order valence-corrected chi connectivity index (χ1v) is 13.6. The molecule has 1 aliphatic heterocycles. The highest BCUT2D eigenvalue weighted by molar-refractivity contribution is 5.98. The SMILES string of the molecule is C=CC(=O)N1CCC(n2nc(-c3ccc(-c4cnc(Cc5ccccc5)n(C)c4=O)cc3F)c3c(N)ncnc32)CC1. The van der Waals surface area contributed by atoms with Gasteiger partial charge in [0.05, 0.1) is 17.0 Å². The Morgan fingerprint density at radius 1 is 1.10 bits per heavy atom. The molecular formula is C31H29FN8O2. The summed E-state index contributed by atoms with van der Waals surface area (Å²) in [5.74, 6) is 0.128. The van der Waals surface area contributed by atoms with Gasteiger partial charge in [-0.05, 0) is 42.2 Å². The molecule has 3 aromatic heterocycles. The van der Waals surface area contributed by atoms with Crippen LogP contribution in [0.1, 0.15) is 30.3 Å². The minimum absolute atomic E-state index is 0.0600. The Hall–Kier alpha value is -5.19. The summed E-state index contributed by atoms with van der Waals surface area (Å²) in [6, 6.07) is 14.3. The van der Waals surface area contributed by atoms with E-state index in [2.05, 4.69) is 21.5 Å². The molecule has 2 N–H and O–H groups in total. The van der Waals surface area contributed by atoms with Crippen LogP contribution in [0.15, 0.2) is 78.5 Å². The van der Waals surface area contributed by atoms with Crippen LogP contribution in [-0.4, -0.2) is 53.2 Å². The topological polar surface area (TPSA) is 125 Å². The second kappa shape index (κ2) is 11.0. The Balaban J connectivity index is 1.34. The Bertz CT molecular complexity index is 1870. The zero-order valence-corrected chi connectivity index (χ0v) is 23.1. The molecule has 0 unspecified atom stereocenters.